The third-order valence-electron chi connectivity index (χ3n) is 13.8. The molecule has 6 aliphatic rings. The van der Waals surface area contributed by atoms with E-state index in [1.807, 2.05) is 18.2 Å². The molecule has 4 aliphatic heterocycles. The number of ether oxygens (including phenoxy) is 3. The monoisotopic (exact) mass is 751 g/mol. The Morgan fingerprint density at radius 2 is 1.88 bits per heavy atom. The van der Waals surface area contributed by atoms with Gasteiger partial charge in [-0.2, -0.15) is 0 Å². The van der Waals surface area contributed by atoms with Gasteiger partial charge in [0.15, 0.2) is 11.5 Å². The summed E-state index contributed by atoms with van der Waals surface area (Å²) in [5.41, 5.74) is 14.7. The van der Waals surface area contributed by atoms with Gasteiger partial charge in [-0.1, -0.05) is 55.2 Å². The van der Waals surface area contributed by atoms with E-state index in [1.54, 1.807) is 6.07 Å². The molecular formula is C48H53N3O5. The van der Waals surface area contributed by atoms with E-state index in [9.17, 15) is 10.2 Å². The lowest BCUT2D eigenvalue weighted by atomic mass is 9.51. The summed E-state index contributed by atoms with van der Waals surface area (Å²) in [4.78, 5) is 0. The molecule has 1 aromatic heterocycles. The maximum Gasteiger partial charge on any atom is 0.161 e. The second-order valence-corrected chi connectivity index (χ2v) is 17.3. The van der Waals surface area contributed by atoms with Gasteiger partial charge in [-0.15, -0.1) is 0 Å². The Balaban J connectivity index is 1.17. The lowest BCUT2D eigenvalue weighted by Crippen LogP contribution is -2.54. The van der Waals surface area contributed by atoms with Crippen LogP contribution < -0.4 is 15.8 Å². The Morgan fingerprint density at radius 1 is 0.964 bits per heavy atom. The van der Waals surface area contributed by atoms with E-state index in [2.05, 4.69) is 77.4 Å². The molecule has 8 nitrogen and oxygen atoms in total. The highest BCUT2D eigenvalue weighted by Crippen LogP contribution is 2.60. The minimum atomic E-state index is -0.534. The summed E-state index contributed by atoms with van der Waals surface area (Å²) in [6.45, 7) is 3.54. The van der Waals surface area contributed by atoms with Crippen LogP contribution >= 0.6 is 0 Å². The fourth-order valence-electron chi connectivity index (χ4n) is 11.0. The molecule has 8 heteroatoms. The molecule has 0 spiro atoms. The molecule has 1 saturated carbocycles. The summed E-state index contributed by atoms with van der Waals surface area (Å²) >= 11 is 0. The van der Waals surface area contributed by atoms with Crippen LogP contribution in [0.3, 0.4) is 0 Å². The largest absolute Gasteiger partial charge is 0.504 e. The molecule has 2 fully saturated rings. The van der Waals surface area contributed by atoms with Gasteiger partial charge in [0.05, 0.1) is 31.1 Å². The number of aliphatic hydroxyl groups is 1. The number of hydrogen-bond donors (Lipinski definition) is 4. The first kappa shape index (κ1) is 35.9. The number of aromatic nitrogens is 1. The van der Waals surface area contributed by atoms with Gasteiger partial charge < -0.3 is 40.0 Å². The average molecular weight is 752 g/mol. The summed E-state index contributed by atoms with van der Waals surface area (Å²) in [6.07, 6.45) is 14.5. The number of hydrogen-bond acceptors (Lipinski definition) is 7. The zero-order chi connectivity index (χ0) is 38.0. The number of dihydropyridines is 1. The molecule has 56 heavy (non-hydrogen) atoms. The Bertz CT molecular complexity index is 2300. The maximum absolute atomic E-state index is 11.3. The standard InChI is InChI=1S/C48H53N3O5/c1-29-5-4-6-37-24-36(52)14-10-30-11-15-43(53)45(19-30)56-27-34-21-35(48-17-18-54-44-16-13-31(22-42(44)48)38-7-2-3-8-41(38)48)20-33-25-51(26-39(33)34)47-40(28-55-37)32(12-9-29)23-46(49)50-47/h2-3,7-8,11,15,19-21,23,25-26,29,31,36-37,42,44,46,50,52-53H,4-6,10,13-14,16-18,22,24,27-28,49H2,1H3/t29-,31-,36+,37-,42-,44+,46?,48+/m0/s1. The van der Waals surface area contributed by atoms with E-state index in [0.717, 1.165) is 84.0 Å². The first-order chi connectivity index (χ1) is 27.3. The van der Waals surface area contributed by atoms with Crippen molar-refractivity contribution >= 4 is 16.6 Å². The van der Waals surface area contributed by atoms with E-state index in [1.165, 1.54) is 23.1 Å². The fraction of sp³-hybridized carbons (Fsp3) is 0.458. The molecule has 0 radical (unpaired) electrons. The van der Waals surface area contributed by atoms with Crippen LogP contribution in [0.4, 0.5) is 0 Å². The zero-order valence-electron chi connectivity index (χ0n) is 32.3. The first-order valence-electron chi connectivity index (χ1n) is 20.9. The molecule has 8 atom stereocenters. The first-order valence-corrected chi connectivity index (χ1v) is 20.9. The van der Waals surface area contributed by atoms with Crippen LogP contribution in [-0.2, 0) is 27.9 Å². The normalized spacial score (nSPS) is 31.4. The summed E-state index contributed by atoms with van der Waals surface area (Å²) in [5, 5.41) is 28.1. The molecule has 3 aromatic carbocycles. The van der Waals surface area contributed by atoms with Crippen molar-refractivity contribution < 1.29 is 24.4 Å². The number of nitrogens with one attached hydrogen (secondary N) is 1. The van der Waals surface area contributed by atoms with Gasteiger partial charge in [-0.25, -0.2) is 0 Å². The van der Waals surface area contributed by atoms with E-state index in [4.69, 9.17) is 19.9 Å². The van der Waals surface area contributed by atoms with E-state index in [-0.39, 0.29) is 35.9 Å². The van der Waals surface area contributed by atoms with Gasteiger partial charge in [0.25, 0.3) is 0 Å². The quantitative estimate of drug-likeness (QED) is 0.147. The van der Waals surface area contributed by atoms with Crippen molar-refractivity contribution in [2.45, 2.75) is 114 Å². The summed E-state index contributed by atoms with van der Waals surface area (Å²) in [5.74, 6) is 9.61. The Labute approximate surface area is 329 Å². The minimum absolute atomic E-state index is 0.109. The lowest BCUT2D eigenvalue weighted by molar-refractivity contribution is -0.0894. The SMILES string of the molecule is C[C@@H]1C#CC2=CC(N)NC3=C2CO[C@@H](CCC1)C[C@H](O)CCc1ccc(O)c(c1)OCc1cc([C@@]24CCO[C@@H]5CC[C@@H](C[C@@H]52)c2ccccc24)cc2cn3cc12. The highest BCUT2D eigenvalue weighted by atomic mass is 16.5. The third kappa shape index (κ3) is 6.34. The van der Waals surface area contributed by atoms with Crippen LogP contribution in [0, 0.1) is 23.7 Å². The number of benzene rings is 3. The van der Waals surface area contributed by atoms with Gasteiger partial charge in [-0.05, 0) is 128 Å². The van der Waals surface area contributed by atoms with Crippen molar-refractivity contribution in [3.63, 3.8) is 0 Å². The van der Waals surface area contributed by atoms with Crippen LogP contribution in [0.2, 0.25) is 0 Å². The number of nitrogens with two attached hydrogens (primary N) is 1. The summed E-state index contributed by atoms with van der Waals surface area (Å²) < 4.78 is 22.1. The molecule has 8 bridgehead atoms. The van der Waals surface area contributed by atoms with Crippen molar-refractivity contribution in [2.75, 3.05) is 13.2 Å². The number of aliphatic hydroxyl groups excluding tert-OH is 1. The van der Waals surface area contributed by atoms with E-state index >= 15 is 0 Å². The Kier molecular flexibility index (Phi) is 9.25. The third-order valence-corrected chi connectivity index (χ3v) is 13.8. The molecule has 5 N–H and O–H groups in total. The highest BCUT2D eigenvalue weighted by molar-refractivity contribution is 5.88. The van der Waals surface area contributed by atoms with E-state index in [0.29, 0.717) is 43.5 Å². The van der Waals surface area contributed by atoms with Gasteiger partial charge in [-0.3, -0.25) is 0 Å². The molecule has 4 aromatic rings. The predicted octanol–water partition coefficient (Wildman–Crippen LogP) is 7.79. The molecule has 5 heterocycles. The minimum Gasteiger partial charge on any atom is -0.504 e. The van der Waals surface area contributed by atoms with Crippen LogP contribution in [-0.4, -0.2) is 52.5 Å². The average Bonchev–Trinajstić information content (AvgIpc) is 3.64. The Morgan fingerprint density at radius 3 is 2.80 bits per heavy atom. The van der Waals surface area contributed by atoms with Crippen LogP contribution in [0.25, 0.3) is 16.6 Å². The van der Waals surface area contributed by atoms with Crippen molar-refractivity contribution in [1.29, 1.82) is 0 Å². The summed E-state index contributed by atoms with van der Waals surface area (Å²) in [7, 11) is 0. The number of phenols is 1. The van der Waals surface area contributed by atoms with Crippen LogP contribution in [0.15, 0.2) is 84.2 Å². The molecule has 0 amide bonds. The van der Waals surface area contributed by atoms with Crippen LogP contribution in [0.1, 0.15) is 98.4 Å². The second kappa shape index (κ2) is 14.5. The van der Waals surface area contributed by atoms with Crippen molar-refractivity contribution in [2.24, 2.45) is 17.6 Å². The van der Waals surface area contributed by atoms with Crippen LogP contribution in [0.5, 0.6) is 11.5 Å². The maximum atomic E-state index is 11.3. The topological polar surface area (TPSA) is 111 Å². The molecule has 10 rings (SSSR count). The Hall–Kier alpha value is -4.52. The lowest BCUT2D eigenvalue weighted by Gasteiger charge is -2.56. The van der Waals surface area contributed by atoms with Gasteiger partial charge in [0, 0.05) is 52.3 Å². The number of aryl methyl sites for hydroxylation is 1. The number of phenolic OH excluding ortho intramolecular Hbond substituents is 1. The molecule has 290 valence electrons. The van der Waals surface area contributed by atoms with Gasteiger partial charge in [0.2, 0.25) is 0 Å². The smallest absolute Gasteiger partial charge is 0.161 e. The zero-order valence-corrected chi connectivity index (χ0v) is 32.3. The molecular weight excluding hydrogens is 699 g/mol. The number of aromatic hydroxyl groups is 1. The summed E-state index contributed by atoms with van der Waals surface area (Å²) in [6, 6.07) is 19.5. The van der Waals surface area contributed by atoms with E-state index < -0.39 is 12.3 Å². The predicted molar refractivity (Wildman–Crippen MR) is 218 cm³/mol. The van der Waals surface area contributed by atoms with Crippen molar-refractivity contribution in [3.05, 3.63) is 112 Å². The van der Waals surface area contributed by atoms with Crippen molar-refractivity contribution in [1.82, 2.24) is 9.88 Å². The van der Waals surface area contributed by atoms with Gasteiger partial charge in [0.1, 0.15) is 12.4 Å². The van der Waals surface area contributed by atoms with Gasteiger partial charge >= 0.3 is 0 Å². The second-order valence-electron chi connectivity index (χ2n) is 17.3. The molecule has 1 unspecified atom stereocenters. The number of fused-ring (bicyclic) bond motifs is 10. The highest BCUT2D eigenvalue weighted by Gasteiger charge is 2.55. The number of rotatable bonds is 1. The number of nitrogens with zero attached hydrogens (tertiary/aromatic N) is 1. The fourth-order valence-corrected chi connectivity index (χ4v) is 11.0. The van der Waals surface area contributed by atoms with Crippen molar-refractivity contribution in [3.8, 4) is 23.3 Å². The molecule has 2 aliphatic carbocycles. The molecule has 1 saturated heterocycles.